The van der Waals surface area contributed by atoms with Crippen molar-refractivity contribution in [2.45, 2.75) is 32.7 Å². The quantitative estimate of drug-likeness (QED) is 0.899. The van der Waals surface area contributed by atoms with E-state index in [1.165, 1.54) is 0 Å². The van der Waals surface area contributed by atoms with Crippen LogP contribution in [-0.2, 0) is 4.79 Å². The van der Waals surface area contributed by atoms with Gasteiger partial charge < -0.3 is 9.84 Å². The highest BCUT2D eigenvalue weighted by atomic mass is 16.5. The second kappa shape index (κ2) is 6.75. The molecule has 0 aromatic heterocycles. The molecule has 2 unspecified atom stereocenters. The molecule has 2 atom stereocenters. The second-order valence-corrected chi connectivity index (χ2v) is 5.32. The van der Waals surface area contributed by atoms with Crippen LogP contribution in [0.1, 0.15) is 38.3 Å². The van der Waals surface area contributed by atoms with Crippen LogP contribution in [0.25, 0.3) is 0 Å². The van der Waals surface area contributed by atoms with Crippen LogP contribution in [0.4, 0.5) is 0 Å². The Morgan fingerprint density at radius 1 is 1.50 bits per heavy atom. The van der Waals surface area contributed by atoms with Crippen molar-refractivity contribution in [2.75, 3.05) is 19.7 Å². The second-order valence-electron chi connectivity index (χ2n) is 5.32. The highest BCUT2D eigenvalue weighted by molar-refractivity contribution is 5.70. The van der Waals surface area contributed by atoms with Gasteiger partial charge in [0.05, 0.1) is 12.5 Å². The summed E-state index contributed by atoms with van der Waals surface area (Å²) in [6.45, 7) is 6.31. The molecule has 1 heterocycles. The number of hydrogen-bond donors (Lipinski definition) is 1. The van der Waals surface area contributed by atoms with Gasteiger partial charge in [-0.3, -0.25) is 9.69 Å². The molecular weight excluding hydrogens is 254 g/mol. The molecule has 4 nitrogen and oxygen atoms in total. The summed E-state index contributed by atoms with van der Waals surface area (Å²) in [5, 5.41) is 9.20. The predicted octanol–water partition coefficient (Wildman–Crippen LogP) is 2.94. The zero-order valence-electron chi connectivity index (χ0n) is 12.2. The van der Waals surface area contributed by atoms with Crippen LogP contribution in [0.3, 0.4) is 0 Å². The molecule has 1 aromatic rings. The highest BCUT2D eigenvalue weighted by Gasteiger charge is 2.29. The van der Waals surface area contributed by atoms with Crippen molar-refractivity contribution in [2.24, 2.45) is 5.92 Å². The lowest BCUT2D eigenvalue weighted by Crippen LogP contribution is -2.40. The molecule has 1 aromatic carbocycles. The summed E-state index contributed by atoms with van der Waals surface area (Å²) in [7, 11) is 0. The van der Waals surface area contributed by atoms with Crippen LogP contribution in [-0.4, -0.2) is 35.7 Å². The van der Waals surface area contributed by atoms with Crippen molar-refractivity contribution in [3.8, 4) is 5.75 Å². The van der Waals surface area contributed by atoms with Crippen LogP contribution >= 0.6 is 0 Å². The Hall–Kier alpha value is -1.55. The van der Waals surface area contributed by atoms with Crippen molar-refractivity contribution in [1.29, 1.82) is 0 Å². The maximum Gasteiger partial charge on any atom is 0.307 e. The number of carboxylic acids is 1. The van der Waals surface area contributed by atoms with Gasteiger partial charge in [0.2, 0.25) is 0 Å². The third-order valence-electron chi connectivity index (χ3n) is 4.02. The molecule has 1 N–H and O–H groups in total. The van der Waals surface area contributed by atoms with E-state index in [0.717, 1.165) is 30.7 Å². The molecule has 0 spiro atoms. The molecule has 0 amide bonds. The summed E-state index contributed by atoms with van der Waals surface area (Å²) in [6, 6.07) is 8.21. The first kappa shape index (κ1) is 14.9. The smallest absolute Gasteiger partial charge is 0.307 e. The van der Waals surface area contributed by atoms with Gasteiger partial charge in [0.25, 0.3) is 0 Å². The lowest BCUT2D eigenvalue weighted by molar-refractivity contribution is -0.143. The first-order chi connectivity index (χ1) is 9.63. The van der Waals surface area contributed by atoms with Gasteiger partial charge in [-0.1, -0.05) is 18.2 Å². The number of para-hydroxylation sites is 1. The van der Waals surface area contributed by atoms with Crippen LogP contribution < -0.4 is 4.74 Å². The fourth-order valence-corrected chi connectivity index (χ4v) is 2.87. The largest absolute Gasteiger partial charge is 0.494 e. The van der Waals surface area contributed by atoms with Crippen LogP contribution in [0.5, 0.6) is 5.75 Å². The molecule has 0 bridgehead atoms. The normalized spacial score (nSPS) is 21.4. The minimum Gasteiger partial charge on any atom is -0.494 e. The molecule has 1 aliphatic heterocycles. The summed E-state index contributed by atoms with van der Waals surface area (Å²) in [4.78, 5) is 13.4. The van der Waals surface area contributed by atoms with E-state index in [-0.39, 0.29) is 12.0 Å². The average Bonchev–Trinajstić information content (AvgIpc) is 2.47. The topological polar surface area (TPSA) is 49.8 Å². The molecule has 1 saturated heterocycles. The van der Waals surface area contributed by atoms with Crippen molar-refractivity contribution in [3.05, 3.63) is 29.8 Å². The highest BCUT2D eigenvalue weighted by Crippen LogP contribution is 2.32. The zero-order valence-corrected chi connectivity index (χ0v) is 12.2. The number of benzene rings is 1. The van der Waals surface area contributed by atoms with E-state index in [9.17, 15) is 9.90 Å². The third kappa shape index (κ3) is 3.31. The molecule has 0 aliphatic carbocycles. The fraction of sp³-hybridized carbons (Fsp3) is 0.562. The average molecular weight is 277 g/mol. The Morgan fingerprint density at radius 3 is 2.95 bits per heavy atom. The number of likely N-dealkylation sites (tertiary alicyclic amines) is 1. The van der Waals surface area contributed by atoms with E-state index in [1.54, 1.807) is 0 Å². The summed E-state index contributed by atoms with van der Waals surface area (Å²) >= 11 is 0. The lowest BCUT2D eigenvalue weighted by Gasteiger charge is -2.36. The summed E-state index contributed by atoms with van der Waals surface area (Å²) in [6.07, 6.45) is 1.73. The fourth-order valence-electron chi connectivity index (χ4n) is 2.87. The van der Waals surface area contributed by atoms with Gasteiger partial charge in [0.1, 0.15) is 5.75 Å². The Balaban J connectivity index is 2.14. The van der Waals surface area contributed by atoms with E-state index in [2.05, 4.69) is 17.9 Å². The Labute approximate surface area is 120 Å². The van der Waals surface area contributed by atoms with Gasteiger partial charge >= 0.3 is 5.97 Å². The zero-order chi connectivity index (χ0) is 14.5. The van der Waals surface area contributed by atoms with Crippen molar-refractivity contribution >= 4 is 5.97 Å². The number of rotatable bonds is 5. The van der Waals surface area contributed by atoms with Gasteiger partial charge in [-0.25, -0.2) is 0 Å². The monoisotopic (exact) mass is 277 g/mol. The van der Waals surface area contributed by atoms with Crippen LogP contribution in [0, 0.1) is 5.92 Å². The Kier molecular flexibility index (Phi) is 5.01. The lowest BCUT2D eigenvalue weighted by atomic mass is 9.95. The van der Waals surface area contributed by atoms with Gasteiger partial charge in [-0.2, -0.15) is 0 Å². The number of ether oxygens (including phenoxy) is 1. The van der Waals surface area contributed by atoms with Crippen molar-refractivity contribution < 1.29 is 14.6 Å². The van der Waals surface area contributed by atoms with E-state index >= 15 is 0 Å². The minimum absolute atomic E-state index is 0.180. The van der Waals surface area contributed by atoms with Gasteiger partial charge in [0.15, 0.2) is 0 Å². The SMILES string of the molecule is CCOc1ccccc1C(C)N1CCCC(C(=O)O)C1. The number of nitrogens with zero attached hydrogens (tertiary/aromatic N) is 1. The molecule has 20 heavy (non-hydrogen) atoms. The Morgan fingerprint density at radius 2 is 2.25 bits per heavy atom. The van der Waals surface area contributed by atoms with Gasteiger partial charge in [-0.15, -0.1) is 0 Å². The van der Waals surface area contributed by atoms with E-state index in [0.29, 0.717) is 13.2 Å². The molecule has 1 fully saturated rings. The first-order valence-electron chi connectivity index (χ1n) is 7.32. The molecule has 1 aliphatic rings. The van der Waals surface area contributed by atoms with Crippen molar-refractivity contribution in [3.63, 3.8) is 0 Å². The standard InChI is InChI=1S/C16H23NO3/c1-3-20-15-9-5-4-8-14(15)12(2)17-10-6-7-13(11-17)16(18)19/h4-5,8-9,12-13H,3,6-7,10-11H2,1-2H3,(H,18,19). The summed E-state index contributed by atoms with van der Waals surface area (Å²) in [5.74, 6) is -0.0228. The van der Waals surface area contributed by atoms with Crippen LogP contribution in [0.2, 0.25) is 0 Å². The number of aliphatic carboxylic acids is 1. The molecule has 2 rings (SSSR count). The predicted molar refractivity (Wildman–Crippen MR) is 78.0 cm³/mol. The molecule has 0 radical (unpaired) electrons. The Bertz CT molecular complexity index is 461. The number of hydrogen-bond acceptors (Lipinski definition) is 3. The van der Waals surface area contributed by atoms with Gasteiger partial charge in [0, 0.05) is 18.2 Å². The number of piperidine rings is 1. The number of carboxylic acid groups (broad SMARTS) is 1. The molecule has 4 heteroatoms. The minimum atomic E-state index is -0.681. The first-order valence-corrected chi connectivity index (χ1v) is 7.32. The molecule has 110 valence electrons. The molecule has 0 saturated carbocycles. The maximum absolute atomic E-state index is 11.2. The molecular formula is C16H23NO3. The van der Waals surface area contributed by atoms with E-state index in [1.807, 2.05) is 25.1 Å². The van der Waals surface area contributed by atoms with Crippen molar-refractivity contribution in [1.82, 2.24) is 4.90 Å². The third-order valence-corrected chi connectivity index (χ3v) is 4.02. The van der Waals surface area contributed by atoms with Crippen LogP contribution in [0.15, 0.2) is 24.3 Å². The number of carbonyl (C=O) groups is 1. The van der Waals surface area contributed by atoms with E-state index < -0.39 is 5.97 Å². The maximum atomic E-state index is 11.2. The van der Waals surface area contributed by atoms with Gasteiger partial charge in [-0.05, 0) is 39.3 Å². The summed E-state index contributed by atoms with van der Waals surface area (Å²) in [5.41, 5.74) is 1.14. The van der Waals surface area contributed by atoms with E-state index in [4.69, 9.17) is 4.74 Å². The summed E-state index contributed by atoms with van der Waals surface area (Å²) < 4.78 is 5.68.